The van der Waals surface area contributed by atoms with Crippen molar-refractivity contribution in [2.45, 2.75) is 25.3 Å². The van der Waals surface area contributed by atoms with Gasteiger partial charge in [-0.15, -0.1) is 0 Å². The van der Waals surface area contributed by atoms with Crippen LogP contribution in [0.5, 0.6) is 0 Å². The van der Waals surface area contributed by atoms with E-state index in [1.54, 1.807) is 0 Å². The molecule has 1 aromatic carbocycles. The van der Waals surface area contributed by atoms with Crippen LogP contribution < -0.4 is 5.73 Å². The van der Waals surface area contributed by atoms with Crippen molar-refractivity contribution in [2.24, 2.45) is 11.7 Å². The van der Waals surface area contributed by atoms with Crippen molar-refractivity contribution in [1.82, 2.24) is 9.78 Å². The number of rotatable bonds is 4. The SMILES string of the molecule is NC(CC1CCSCC1)c1ccnn1-c1ccccc1. The van der Waals surface area contributed by atoms with E-state index < -0.39 is 0 Å². The first-order chi connectivity index (χ1) is 9.84. The second kappa shape index (κ2) is 6.46. The van der Waals surface area contributed by atoms with Crippen LogP contribution in [-0.2, 0) is 0 Å². The maximum Gasteiger partial charge on any atom is 0.0649 e. The quantitative estimate of drug-likeness (QED) is 0.937. The molecule has 1 unspecified atom stereocenters. The van der Waals surface area contributed by atoms with Crippen LogP contribution in [0.15, 0.2) is 42.6 Å². The maximum atomic E-state index is 6.44. The molecule has 2 heterocycles. The number of hydrogen-bond acceptors (Lipinski definition) is 3. The fourth-order valence-electron chi connectivity index (χ4n) is 2.84. The van der Waals surface area contributed by atoms with E-state index in [2.05, 4.69) is 35.1 Å². The molecule has 0 amide bonds. The van der Waals surface area contributed by atoms with Gasteiger partial charge >= 0.3 is 0 Å². The minimum Gasteiger partial charge on any atom is -0.323 e. The van der Waals surface area contributed by atoms with Crippen molar-refractivity contribution in [3.8, 4) is 5.69 Å². The number of aromatic nitrogens is 2. The monoisotopic (exact) mass is 287 g/mol. The molecule has 1 aliphatic rings. The lowest BCUT2D eigenvalue weighted by atomic mass is 9.93. The van der Waals surface area contributed by atoms with E-state index in [1.807, 2.05) is 29.1 Å². The fraction of sp³-hybridized carbons (Fsp3) is 0.438. The summed E-state index contributed by atoms with van der Waals surface area (Å²) < 4.78 is 1.97. The Morgan fingerprint density at radius 2 is 1.95 bits per heavy atom. The summed E-state index contributed by atoms with van der Waals surface area (Å²) in [7, 11) is 0. The summed E-state index contributed by atoms with van der Waals surface area (Å²) in [5, 5.41) is 4.43. The third-order valence-electron chi connectivity index (χ3n) is 3.98. The average molecular weight is 287 g/mol. The Morgan fingerprint density at radius 1 is 1.20 bits per heavy atom. The van der Waals surface area contributed by atoms with Crippen molar-refractivity contribution in [3.05, 3.63) is 48.3 Å². The van der Waals surface area contributed by atoms with Gasteiger partial charge in [0.2, 0.25) is 0 Å². The van der Waals surface area contributed by atoms with E-state index in [0.29, 0.717) is 0 Å². The Hall–Kier alpha value is -1.26. The van der Waals surface area contributed by atoms with E-state index in [9.17, 15) is 0 Å². The highest BCUT2D eigenvalue weighted by atomic mass is 32.2. The van der Waals surface area contributed by atoms with Gasteiger partial charge in [0.1, 0.15) is 0 Å². The van der Waals surface area contributed by atoms with Crippen LogP contribution in [0.1, 0.15) is 31.0 Å². The molecule has 1 atom stereocenters. The molecule has 2 N–H and O–H groups in total. The molecule has 1 aliphatic heterocycles. The van der Waals surface area contributed by atoms with Gasteiger partial charge in [-0.1, -0.05) is 18.2 Å². The van der Waals surface area contributed by atoms with Crippen molar-refractivity contribution in [2.75, 3.05) is 11.5 Å². The Bertz CT molecular complexity index is 532. The molecule has 0 radical (unpaired) electrons. The molecule has 20 heavy (non-hydrogen) atoms. The van der Waals surface area contributed by atoms with Crippen molar-refractivity contribution >= 4 is 11.8 Å². The van der Waals surface area contributed by atoms with Crippen LogP contribution in [0.3, 0.4) is 0 Å². The molecular formula is C16H21N3S. The molecule has 4 heteroatoms. The van der Waals surface area contributed by atoms with E-state index in [1.165, 1.54) is 24.3 Å². The average Bonchev–Trinajstić information content (AvgIpc) is 2.99. The molecule has 0 spiro atoms. The second-order valence-corrected chi connectivity index (χ2v) is 6.63. The second-order valence-electron chi connectivity index (χ2n) is 5.40. The third-order valence-corrected chi connectivity index (χ3v) is 5.03. The lowest BCUT2D eigenvalue weighted by molar-refractivity contribution is 0.405. The molecule has 1 aromatic heterocycles. The van der Waals surface area contributed by atoms with Gasteiger partial charge in [-0.3, -0.25) is 0 Å². The lowest BCUT2D eigenvalue weighted by Crippen LogP contribution is -2.21. The van der Waals surface area contributed by atoms with Gasteiger partial charge in [-0.25, -0.2) is 4.68 Å². The fourth-order valence-corrected chi connectivity index (χ4v) is 4.05. The molecule has 106 valence electrons. The zero-order chi connectivity index (χ0) is 13.8. The Labute approximate surface area is 124 Å². The first kappa shape index (κ1) is 13.7. The summed E-state index contributed by atoms with van der Waals surface area (Å²) in [6.45, 7) is 0. The zero-order valence-electron chi connectivity index (χ0n) is 11.6. The topological polar surface area (TPSA) is 43.8 Å². The molecule has 3 nitrogen and oxygen atoms in total. The molecule has 3 rings (SSSR count). The van der Waals surface area contributed by atoms with Crippen molar-refractivity contribution in [3.63, 3.8) is 0 Å². The molecule has 2 aromatic rings. The predicted molar refractivity (Wildman–Crippen MR) is 85.2 cm³/mol. The largest absolute Gasteiger partial charge is 0.323 e. The molecule has 1 saturated heterocycles. The van der Waals surface area contributed by atoms with E-state index in [-0.39, 0.29) is 6.04 Å². The smallest absolute Gasteiger partial charge is 0.0649 e. The summed E-state index contributed by atoms with van der Waals surface area (Å²) in [6.07, 6.45) is 5.52. The first-order valence-corrected chi connectivity index (χ1v) is 8.43. The number of nitrogens with two attached hydrogens (primary N) is 1. The standard InChI is InChI=1S/C16H21N3S/c17-15(12-13-7-10-20-11-8-13)16-6-9-18-19(16)14-4-2-1-3-5-14/h1-6,9,13,15H,7-8,10-12,17H2. The van der Waals surface area contributed by atoms with Gasteiger partial charge in [0.25, 0.3) is 0 Å². The molecule has 0 aliphatic carbocycles. The highest BCUT2D eigenvalue weighted by Gasteiger charge is 2.20. The number of hydrogen-bond donors (Lipinski definition) is 1. The minimum absolute atomic E-state index is 0.0748. The summed E-state index contributed by atoms with van der Waals surface area (Å²) in [5.74, 6) is 3.34. The lowest BCUT2D eigenvalue weighted by Gasteiger charge is -2.24. The minimum atomic E-state index is 0.0748. The van der Waals surface area contributed by atoms with Crippen LogP contribution in [0.4, 0.5) is 0 Å². The molecule has 1 fully saturated rings. The van der Waals surface area contributed by atoms with Crippen LogP contribution in [0.25, 0.3) is 5.69 Å². The van der Waals surface area contributed by atoms with Gasteiger partial charge in [-0.05, 0) is 54.9 Å². The molecular weight excluding hydrogens is 266 g/mol. The summed E-state index contributed by atoms with van der Waals surface area (Å²) in [5.41, 5.74) is 8.65. The van der Waals surface area contributed by atoms with Crippen molar-refractivity contribution < 1.29 is 0 Å². The van der Waals surface area contributed by atoms with E-state index in [4.69, 9.17) is 5.73 Å². The van der Waals surface area contributed by atoms with Gasteiger partial charge in [0.15, 0.2) is 0 Å². The number of benzene rings is 1. The van der Waals surface area contributed by atoms with Crippen LogP contribution in [0, 0.1) is 5.92 Å². The third kappa shape index (κ3) is 3.07. The summed E-state index contributed by atoms with van der Waals surface area (Å²) in [4.78, 5) is 0. The Balaban J connectivity index is 1.75. The highest BCUT2D eigenvalue weighted by Crippen LogP contribution is 2.30. The zero-order valence-corrected chi connectivity index (χ0v) is 12.4. The van der Waals surface area contributed by atoms with Crippen LogP contribution in [0.2, 0.25) is 0 Å². The predicted octanol–water partition coefficient (Wildman–Crippen LogP) is 3.41. The van der Waals surface area contributed by atoms with Gasteiger partial charge < -0.3 is 5.73 Å². The van der Waals surface area contributed by atoms with E-state index >= 15 is 0 Å². The summed E-state index contributed by atoms with van der Waals surface area (Å²) >= 11 is 2.06. The molecule has 0 bridgehead atoms. The normalized spacial score (nSPS) is 18.1. The Morgan fingerprint density at radius 3 is 2.70 bits per heavy atom. The van der Waals surface area contributed by atoms with Gasteiger partial charge in [0, 0.05) is 12.2 Å². The van der Waals surface area contributed by atoms with Crippen LogP contribution in [-0.4, -0.2) is 21.3 Å². The number of thioether (sulfide) groups is 1. The summed E-state index contributed by atoms with van der Waals surface area (Å²) in [6, 6.07) is 12.4. The number of para-hydroxylation sites is 1. The first-order valence-electron chi connectivity index (χ1n) is 7.27. The van der Waals surface area contributed by atoms with Crippen molar-refractivity contribution in [1.29, 1.82) is 0 Å². The van der Waals surface area contributed by atoms with Gasteiger partial charge in [-0.2, -0.15) is 16.9 Å². The number of nitrogens with zero attached hydrogens (tertiary/aromatic N) is 2. The van der Waals surface area contributed by atoms with E-state index in [0.717, 1.165) is 23.7 Å². The Kier molecular flexibility index (Phi) is 4.43. The van der Waals surface area contributed by atoms with Gasteiger partial charge in [0.05, 0.1) is 11.4 Å². The highest BCUT2D eigenvalue weighted by molar-refractivity contribution is 7.99. The maximum absolute atomic E-state index is 6.44. The molecule has 0 saturated carbocycles. The van der Waals surface area contributed by atoms with Crippen LogP contribution >= 0.6 is 11.8 Å².